The van der Waals surface area contributed by atoms with Crippen molar-refractivity contribution in [2.24, 2.45) is 5.73 Å². The summed E-state index contributed by atoms with van der Waals surface area (Å²) < 4.78 is 24.9. The summed E-state index contributed by atoms with van der Waals surface area (Å²) >= 11 is 0. The van der Waals surface area contributed by atoms with Gasteiger partial charge in [-0.2, -0.15) is 5.26 Å². The lowest BCUT2D eigenvalue weighted by atomic mass is 10.1. The van der Waals surface area contributed by atoms with E-state index < -0.39 is 23.7 Å². The minimum Gasteiger partial charge on any atom is -0.478 e. The summed E-state index contributed by atoms with van der Waals surface area (Å²) in [5.41, 5.74) is 3.50. The van der Waals surface area contributed by atoms with E-state index in [0.29, 0.717) is 0 Å². The highest BCUT2D eigenvalue weighted by Gasteiger charge is 2.20. The Labute approximate surface area is 89.1 Å². The van der Waals surface area contributed by atoms with Gasteiger partial charge in [0.25, 0.3) is 6.43 Å². The summed E-state index contributed by atoms with van der Waals surface area (Å²) in [6, 6.07) is 2.34. The molecule has 7 heteroatoms. The van der Waals surface area contributed by atoms with Gasteiger partial charge in [-0.1, -0.05) is 0 Å². The SMILES string of the molecule is N#Cc1cc(C(=O)O)c(CN)nc1C(F)F. The molecule has 0 aromatic carbocycles. The number of hydrogen-bond acceptors (Lipinski definition) is 4. The average molecular weight is 227 g/mol. The maximum Gasteiger partial charge on any atom is 0.337 e. The Kier molecular flexibility index (Phi) is 3.48. The number of nitriles is 1. The van der Waals surface area contributed by atoms with E-state index in [1.54, 1.807) is 0 Å². The molecule has 0 saturated carbocycles. The summed E-state index contributed by atoms with van der Waals surface area (Å²) in [5, 5.41) is 17.3. The number of carboxylic acids is 1. The first kappa shape index (κ1) is 12.0. The van der Waals surface area contributed by atoms with Crippen molar-refractivity contribution in [2.45, 2.75) is 13.0 Å². The van der Waals surface area contributed by atoms with E-state index in [9.17, 15) is 13.6 Å². The van der Waals surface area contributed by atoms with Crippen LogP contribution in [0, 0.1) is 11.3 Å². The molecule has 0 aliphatic rings. The zero-order valence-electron chi connectivity index (χ0n) is 7.94. The van der Waals surface area contributed by atoms with Gasteiger partial charge in [-0.3, -0.25) is 0 Å². The van der Waals surface area contributed by atoms with E-state index >= 15 is 0 Å². The van der Waals surface area contributed by atoms with E-state index in [-0.39, 0.29) is 17.8 Å². The lowest BCUT2D eigenvalue weighted by molar-refractivity contribution is 0.0694. The van der Waals surface area contributed by atoms with Crippen LogP contribution in [0.1, 0.15) is 33.7 Å². The average Bonchev–Trinajstić information content (AvgIpc) is 2.26. The Bertz CT molecular complexity index is 469. The summed E-state index contributed by atoms with van der Waals surface area (Å²) in [7, 11) is 0. The number of hydrogen-bond donors (Lipinski definition) is 2. The van der Waals surface area contributed by atoms with Crippen molar-refractivity contribution in [3.8, 4) is 6.07 Å². The molecule has 0 radical (unpaired) electrons. The maximum atomic E-state index is 12.5. The van der Waals surface area contributed by atoms with Gasteiger partial charge in [0, 0.05) is 6.54 Å². The van der Waals surface area contributed by atoms with E-state index in [2.05, 4.69) is 4.98 Å². The van der Waals surface area contributed by atoms with Gasteiger partial charge >= 0.3 is 5.97 Å². The van der Waals surface area contributed by atoms with Crippen LogP contribution in [-0.4, -0.2) is 16.1 Å². The Morgan fingerprint density at radius 2 is 2.31 bits per heavy atom. The third-order valence-corrected chi connectivity index (χ3v) is 1.88. The molecule has 1 heterocycles. The number of nitrogens with zero attached hydrogens (tertiary/aromatic N) is 2. The number of alkyl halides is 2. The van der Waals surface area contributed by atoms with Gasteiger partial charge < -0.3 is 10.8 Å². The van der Waals surface area contributed by atoms with Crippen LogP contribution in [0.4, 0.5) is 8.78 Å². The van der Waals surface area contributed by atoms with Crippen LogP contribution in [0.5, 0.6) is 0 Å². The Hall–Kier alpha value is -2.07. The van der Waals surface area contributed by atoms with Crippen molar-refractivity contribution in [1.82, 2.24) is 4.98 Å². The molecule has 0 saturated heterocycles. The predicted molar refractivity (Wildman–Crippen MR) is 48.8 cm³/mol. The van der Waals surface area contributed by atoms with E-state index in [0.717, 1.165) is 6.07 Å². The molecule has 0 unspecified atom stereocenters. The third-order valence-electron chi connectivity index (χ3n) is 1.88. The molecule has 0 bridgehead atoms. The Morgan fingerprint density at radius 1 is 1.69 bits per heavy atom. The fourth-order valence-corrected chi connectivity index (χ4v) is 1.16. The monoisotopic (exact) mass is 227 g/mol. The Morgan fingerprint density at radius 3 is 2.69 bits per heavy atom. The van der Waals surface area contributed by atoms with Crippen molar-refractivity contribution in [1.29, 1.82) is 5.26 Å². The molecule has 0 spiro atoms. The predicted octanol–water partition coefficient (Wildman–Crippen LogP) is 1.05. The number of pyridine rings is 1. The summed E-state index contributed by atoms with van der Waals surface area (Å²) in [6.45, 7) is -0.285. The minimum absolute atomic E-state index is 0.165. The van der Waals surface area contributed by atoms with Gasteiger partial charge in [0.1, 0.15) is 11.8 Å². The summed E-state index contributed by atoms with van der Waals surface area (Å²) in [6.07, 6.45) is -2.94. The first-order chi connectivity index (χ1) is 7.51. The highest BCUT2D eigenvalue weighted by atomic mass is 19.3. The molecule has 0 atom stereocenters. The second kappa shape index (κ2) is 4.63. The van der Waals surface area contributed by atoms with Crippen LogP contribution in [0.3, 0.4) is 0 Å². The molecule has 0 aliphatic carbocycles. The second-order valence-electron chi connectivity index (χ2n) is 2.84. The standard InChI is InChI=1S/C9H7F2N3O2/c10-8(11)7-4(2-12)1-5(9(15)16)6(3-13)14-7/h1,8H,3,13H2,(H,15,16). The van der Waals surface area contributed by atoms with Gasteiger partial charge in [-0.25, -0.2) is 18.6 Å². The lowest BCUT2D eigenvalue weighted by Gasteiger charge is -2.07. The van der Waals surface area contributed by atoms with Crippen molar-refractivity contribution >= 4 is 5.97 Å². The molecular weight excluding hydrogens is 220 g/mol. The van der Waals surface area contributed by atoms with Crippen molar-refractivity contribution < 1.29 is 18.7 Å². The van der Waals surface area contributed by atoms with Crippen molar-refractivity contribution in [3.05, 3.63) is 28.6 Å². The largest absolute Gasteiger partial charge is 0.478 e. The van der Waals surface area contributed by atoms with E-state index in [1.807, 2.05) is 0 Å². The zero-order valence-corrected chi connectivity index (χ0v) is 7.94. The summed E-state index contributed by atoms with van der Waals surface area (Å²) in [5.74, 6) is -1.36. The highest BCUT2D eigenvalue weighted by molar-refractivity contribution is 5.89. The number of aromatic nitrogens is 1. The Balaban J connectivity index is 3.48. The number of halogens is 2. The molecule has 1 aromatic rings. The van der Waals surface area contributed by atoms with Gasteiger partial charge in [0.05, 0.1) is 16.8 Å². The first-order valence-electron chi connectivity index (χ1n) is 4.16. The molecule has 0 fully saturated rings. The molecule has 0 aliphatic heterocycles. The highest BCUT2D eigenvalue weighted by Crippen LogP contribution is 2.22. The number of rotatable bonds is 3. The smallest absolute Gasteiger partial charge is 0.337 e. The molecule has 0 amide bonds. The van der Waals surface area contributed by atoms with E-state index in [4.69, 9.17) is 16.1 Å². The molecule has 84 valence electrons. The minimum atomic E-state index is -2.94. The fraction of sp³-hybridized carbons (Fsp3) is 0.222. The molecule has 3 N–H and O–H groups in total. The molecule has 1 rings (SSSR count). The van der Waals surface area contributed by atoms with Crippen LogP contribution >= 0.6 is 0 Å². The molecule has 16 heavy (non-hydrogen) atoms. The maximum absolute atomic E-state index is 12.5. The van der Waals surface area contributed by atoms with Crippen molar-refractivity contribution in [3.63, 3.8) is 0 Å². The summed E-state index contributed by atoms with van der Waals surface area (Å²) in [4.78, 5) is 14.1. The number of carboxylic acid groups (broad SMARTS) is 1. The fourth-order valence-electron chi connectivity index (χ4n) is 1.16. The topological polar surface area (TPSA) is 100 Å². The van der Waals surface area contributed by atoms with Gasteiger partial charge in [-0.05, 0) is 6.07 Å². The van der Waals surface area contributed by atoms with Crippen LogP contribution < -0.4 is 5.73 Å². The third kappa shape index (κ3) is 2.12. The van der Waals surface area contributed by atoms with E-state index in [1.165, 1.54) is 6.07 Å². The quantitative estimate of drug-likeness (QED) is 0.803. The van der Waals surface area contributed by atoms with Crippen molar-refractivity contribution in [2.75, 3.05) is 0 Å². The number of carbonyl (C=O) groups is 1. The van der Waals surface area contributed by atoms with Gasteiger partial charge in [-0.15, -0.1) is 0 Å². The van der Waals surface area contributed by atoms with Crippen LogP contribution in [0.25, 0.3) is 0 Å². The van der Waals surface area contributed by atoms with Gasteiger partial charge in [0.15, 0.2) is 0 Å². The zero-order chi connectivity index (χ0) is 12.3. The van der Waals surface area contributed by atoms with Gasteiger partial charge in [0.2, 0.25) is 0 Å². The molecule has 1 aromatic heterocycles. The lowest BCUT2D eigenvalue weighted by Crippen LogP contribution is -2.12. The van der Waals surface area contributed by atoms with Crippen LogP contribution in [-0.2, 0) is 6.54 Å². The number of aromatic carboxylic acids is 1. The normalized spacial score (nSPS) is 10.2. The number of nitrogens with two attached hydrogens (primary N) is 1. The first-order valence-corrected chi connectivity index (χ1v) is 4.16. The van der Waals surface area contributed by atoms with Crippen LogP contribution in [0.2, 0.25) is 0 Å². The molecule has 5 nitrogen and oxygen atoms in total. The second-order valence-corrected chi connectivity index (χ2v) is 2.84. The molecular formula is C9H7F2N3O2. The van der Waals surface area contributed by atoms with Crippen LogP contribution in [0.15, 0.2) is 6.07 Å².